The summed E-state index contributed by atoms with van der Waals surface area (Å²) in [6.07, 6.45) is 3.67. The Morgan fingerprint density at radius 2 is 1.79 bits per heavy atom. The van der Waals surface area contributed by atoms with Crippen LogP contribution in [-0.4, -0.2) is 46.6 Å². The minimum absolute atomic E-state index is 0.101. The molecular formula is C20H18N4O4. The Labute approximate surface area is 161 Å². The number of pyridine rings is 1. The summed E-state index contributed by atoms with van der Waals surface area (Å²) in [5.41, 5.74) is 2.39. The minimum atomic E-state index is -0.955. The number of aromatic nitrogens is 1. The Bertz CT molecular complexity index is 989. The van der Waals surface area contributed by atoms with Gasteiger partial charge in [0.2, 0.25) is 11.8 Å². The maximum Gasteiger partial charge on any atom is 0.262 e. The van der Waals surface area contributed by atoms with Crippen molar-refractivity contribution >= 4 is 29.3 Å². The van der Waals surface area contributed by atoms with Crippen LogP contribution in [0.1, 0.15) is 39.1 Å². The lowest BCUT2D eigenvalue weighted by molar-refractivity contribution is -0.136. The van der Waals surface area contributed by atoms with Crippen LogP contribution in [0.25, 0.3) is 0 Å². The van der Waals surface area contributed by atoms with Gasteiger partial charge in [-0.3, -0.25) is 34.4 Å². The van der Waals surface area contributed by atoms with Gasteiger partial charge in [-0.15, -0.1) is 0 Å². The van der Waals surface area contributed by atoms with E-state index in [1.54, 1.807) is 30.6 Å². The molecule has 1 atom stereocenters. The van der Waals surface area contributed by atoms with Crippen molar-refractivity contribution in [1.82, 2.24) is 15.2 Å². The molecule has 0 bridgehead atoms. The van der Waals surface area contributed by atoms with E-state index >= 15 is 0 Å². The number of anilines is 1. The zero-order valence-corrected chi connectivity index (χ0v) is 15.2. The first kappa shape index (κ1) is 17.8. The smallest absolute Gasteiger partial charge is 0.262 e. The van der Waals surface area contributed by atoms with Gasteiger partial charge < -0.3 is 4.90 Å². The van der Waals surface area contributed by atoms with Crippen LogP contribution < -0.4 is 10.2 Å². The monoisotopic (exact) mass is 378 g/mol. The van der Waals surface area contributed by atoms with Crippen LogP contribution >= 0.6 is 0 Å². The second-order valence-corrected chi connectivity index (χ2v) is 6.89. The molecule has 8 heteroatoms. The summed E-state index contributed by atoms with van der Waals surface area (Å²) in [5, 5.41) is 2.19. The Hall–Kier alpha value is -3.55. The van der Waals surface area contributed by atoms with Crippen molar-refractivity contribution in [2.45, 2.75) is 25.4 Å². The number of rotatable bonds is 4. The van der Waals surface area contributed by atoms with Crippen molar-refractivity contribution in [2.75, 3.05) is 11.9 Å². The first-order valence-electron chi connectivity index (χ1n) is 8.91. The van der Waals surface area contributed by atoms with E-state index in [4.69, 9.17) is 0 Å². The lowest BCUT2D eigenvalue weighted by Gasteiger charge is -2.27. The van der Waals surface area contributed by atoms with Gasteiger partial charge in [0, 0.05) is 38.1 Å². The van der Waals surface area contributed by atoms with E-state index in [0.29, 0.717) is 6.54 Å². The third kappa shape index (κ3) is 3.02. The highest BCUT2D eigenvalue weighted by Gasteiger charge is 2.44. The highest BCUT2D eigenvalue weighted by atomic mass is 16.2. The fourth-order valence-electron chi connectivity index (χ4n) is 3.55. The number of carbonyl (C=O) groups is 4. The van der Waals surface area contributed by atoms with E-state index in [1.807, 2.05) is 24.1 Å². The number of fused-ring (bicyclic) bond motifs is 1. The molecule has 2 aromatic rings. The van der Waals surface area contributed by atoms with E-state index in [1.165, 1.54) is 0 Å². The summed E-state index contributed by atoms with van der Waals surface area (Å²) < 4.78 is 0. The first-order valence-corrected chi connectivity index (χ1v) is 8.91. The fraction of sp³-hybridized carbons (Fsp3) is 0.250. The van der Waals surface area contributed by atoms with Crippen molar-refractivity contribution in [3.05, 3.63) is 59.4 Å². The number of nitrogens with zero attached hydrogens (tertiary/aromatic N) is 3. The molecule has 2 aliphatic rings. The summed E-state index contributed by atoms with van der Waals surface area (Å²) in [6, 6.07) is 7.91. The second kappa shape index (κ2) is 6.88. The number of hydrogen-bond acceptors (Lipinski definition) is 6. The third-order valence-electron chi connectivity index (χ3n) is 5.03. The number of nitrogens with one attached hydrogen (secondary N) is 1. The van der Waals surface area contributed by atoms with Crippen molar-refractivity contribution < 1.29 is 19.2 Å². The Kier molecular flexibility index (Phi) is 4.38. The number of carbonyl (C=O) groups excluding carboxylic acids is 4. The molecule has 142 valence electrons. The third-order valence-corrected chi connectivity index (χ3v) is 5.03. The number of hydrogen-bond donors (Lipinski definition) is 1. The Balaban J connectivity index is 1.59. The second-order valence-electron chi connectivity index (χ2n) is 6.89. The summed E-state index contributed by atoms with van der Waals surface area (Å²) >= 11 is 0. The van der Waals surface area contributed by atoms with Gasteiger partial charge in [-0.25, -0.2) is 0 Å². The molecular weight excluding hydrogens is 360 g/mol. The van der Waals surface area contributed by atoms with Crippen LogP contribution in [0.4, 0.5) is 5.69 Å². The van der Waals surface area contributed by atoms with Crippen molar-refractivity contribution in [3.63, 3.8) is 0 Å². The SMILES string of the molecule is CN(Cc1ccncc1)c1ccc2c(c1)C(=O)N(C1CCC(=O)NC1=O)C2=O. The van der Waals surface area contributed by atoms with E-state index in [-0.39, 0.29) is 24.0 Å². The molecule has 1 aromatic heterocycles. The predicted molar refractivity (Wildman–Crippen MR) is 99.5 cm³/mol. The zero-order valence-electron chi connectivity index (χ0n) is 15.2. The molecule has 28 heavy (non-hydrogen) atoms. The molecule has 0 aliphatic carbocycles. The normalized spacial score (nSPS) is 18.9. The number of benzene rings is 1. The Morgan fingerprint density at radius 3 is 2.50 bits per heavy atom. The van der Waals surface area contributed by atoms with Crippen LogP contribution in [0.15, 0.2) is 42.7 Å². The molecule has 0 saturated carbocycles. The van der Waals surface area contributed by atoms with Crippen molar-refractivity contribution in [2.24, 2.45) is 0 Å². The average molecular weight is 378 g/mol. The molecule has 0 radical (unpaired) electrons. The predicted octanol–water partition coefficient (Wildman–Crippen LogP) is 1.12. The van der Waals surface area contributed by atoms with Gasteiger partial charge in [-0.1, -0.05) is 0 Å². The quantitative estimate of drug-likeness (QED) is 0.801. The molecule has 4 amide bonds. The topological polar surface area (TPSA) is 99.7 Å². The van der Waals surface area contributed by atoms with Gasteiger partial charge in [-0.2, -0.15) is 0 Å². The fourth-order valence-corrected chi connectivity index (χ4v) is 3.55. The lowest BCUT2D eigenvalue weighted by Crippen LogP contribution is -2.54. The summed E-state index contributed by atoms with van der Waals surface area (Å²) in [5.74, 6) is -2.01. The van der Waals surface area contributed by atoms with Crippen LogP contribution in [0.2, 0.25) is 0 Å². The molecule has 1 fully saturated rings. The van der Waals surface area contributed by atoms with Crippen LogP contribution in [0, 0.1) is 0 Å². The summed E-state index contributed by atoms with van der Waals surface area (Å²) in [7, 11) is 1.89. The maximum absolute atomic E-state index is 12.9. The molecule has 0 spiro atoms. The molecule has 8 nitrogen and oxygen atoms in total. The van der Waals surface area contributed by atoms with Crippen LogP contribution in [0.3, 0.4) is 0 Å². The van der Waals surface area contributed by atoms with Crippen molar-refractivity contribution in [1.29, 1.82) is 0 Å². The summed E-state index contributed by atoms with van der Waals surface area (Å²) in [6.45, 7) is 0.611. The standard InChI is InChI=1S/C20H18N4O4/c1-23(11-12-6-8-21-9-7-12)13-2-3-14-15(10-13)20(28)24(19(14)27)16-4-5-17(25)22-18(16)26/h2-3,6-10,16H,4-5,11H2,1H3,(H,22,25,26). The van der Waals surface area contributed by atoms with Crippen molar-refractivity contribution in [3.8, 4) is 0 Å². The molecule has 3 heterocycles. The van der Waals surface area contributed by atoms with E-state index in [9.17, 15) is 19.2 Å². The van der Waals surface area contributed by atoms with Crippen LogP contribution in [-0.2, 0) is 16.1 Å². The van der Waals surface area contributed by atoms with E-state index in [0.717, 1.165) is 16.2 Å². The number of piperidine rings is 1. The molecule has 1 saturated heterocycles. The first-order chi connectivity index (χ1) is 13.5. The van der Waals surface area contributed by atoms with E-state index < -0.39 is 29.7 Å². The zero-order chi connectivity index (χ0) is 19.8. The highest BCUT2D eigenvalue weighted by Crippen LogP contribution is 2.30. The molecule has 1 N–H and O–H groups in total. The van der Waals surface area contributed by atoms with Gasteiger partial charge in [-0.05, 0) is 42.3 Å². The maximum atomic E-state index is 12.9. The lowest BCUT2D eigenvalue weighted by atomic mass is 10.0. The number of imide groups is 2. The highest BCUT2D eigenvalue weighted by molar-refractivity contribution is 6.23. The number of amides is 4. The van der Waals surface area contributed by atoms with Gasteiger partial charge in [0.15, 0.2) is 0 Å². The molecule has 1 unspecified atom stereocenters. The average Bonchev–Trinajstić information content (AvgIpc) is 2.93. The van der Waals surface area contributed by atoms with Gasteiger partial charge in [0.05, 0.1) is 11.1 Å². The Morgan fingerprint density at radius 1 is 1.07 bits per heavy atom. The molecule has 4 rings (SSSR count). The van der Waals surface area contributed by atoms with Gasteiger partial charge in [0.1, 0.15) is 6.04 Å². The largest absolute Gasteiger partial charge is 0.370 e. The summed E-state index contributed by atoms with van der Waals surface area (Å²) in [4.78, 5) is 56.0. The van der Waals surface area contributed by atoms with Gasteiger partial charge in [0.25, 0.3) is 11.8 Å². The minimum Gasteiger partial charge on any atom is -0.370 e. The van der Waals surface area contributed by atoms with Crippen LogP contribution in [0.5, 0.6) is 0 Å². The van der Waals surface area contributed by atoms with Gasteiger partial charge >= 0.3 is 0 Å². The molecule has 1 aromatic carbocycles. The molecule has 2 aliphatic heterocycles. The van der Waals surface area contributed by atoms with E-state index in [2.05, 4.69) is 10.3 Å².